The SMILES string of the molecule is CN(C)CCCc1cn(CCO)c2ccccc12. The van der Waals surface area contributed by atoms with Crippen LogP contribution in [0, 0.1) is 0 Å². The number of aromatic nitrogens is 1. The van der Waals surface area contributed by atoms with Crippen LogP contribution in [0.25, 0.3) is 10.9 Å². The van der Waals surface area contributed by atoms with Gasteiger partial charge in [-0.3, -0.25) is 0 Å². The molecule has 0 unspecified atom stereocenters. The predicted molar refractivity (Wildman–Crippen MR) is 75.9 cm³/mol. The first-order valence-corrected chi connectivity index (χ1v) is 6.54. The molecule has 0 aliphatic carbocycles. The van der Waals surface area contributed by atoms with Gasteiger partial charge in [0.15, 0.2) is 0 Å². The molecule has 0 saturated heterocycles. The molecule has 18 heavy (non-hydrogen) atoms. The normalized spacial score (nSPS) is 11.6. The van der Waals surface area contributed by atoms with Crippen LogP contribution in [0.2, 0.25) is 0 Å². The third-order valence-electron chi connectivity index (χ3n) is 3.26. The number of rotatable bonds is 6. The van der Waals surface area contributed by atoms with E-state index in [-0.39, 0.29) is 6.61 Å². The van der Waals surface area contributed by atoms with E-state index in [1.165, 1.54) is 22.9 Å². The average molecular weight is 246 g/mol. The van der Waals surface area contributed by atoms with Gasteiger partial charge in [0, 0.05) is 23.6 Å². The summed E-state index contributed by atoms with van der Waals surface area (Å²) in [7, 11) is 4.21. The molecular weight excluding hydrogens is 224 g/mol. The molecule has 1 aromatic heterocycles. The number of aliphatic hydroxyl groups is 1. The van der Waals surface area contributed by atoms with Crippen LogP contribution in [0.1, 0.15) is 12.0 Å². The number of para-hydroxylation sites is 1. The number of hydrogen-bond donors (Lipinski definition) is 1. The molecule has 0 saturated carbocycles. The average Bonchev–Trinajstić information content (AvgIpc) is 2.69. The minimum Gasteiger partial charge on any atom is -0.395 e. The third kappa shape index (κ3) is 2.92. The summed E-state index contributed by atoms with van der Waals surface area (Å²) in [5, 5.41) is 10.4. The second-order valence-corrected chi connectivity index (χ2v) is 5.00. The van der Waals surface area contributed by atoms with E-state index in [1.54, 1.807) is 0 Å². The lowest BCUT2D eigenvalue weighted by Gasteiger charge is -2.08. The Bertz CT molecular complexity index is 502. The lowest BCUT2D eigenvalue weighted by Crippen LogP contribution is -2.13. The zero-order valence-corrected chi connectivity index (χ0v) is 11.3. The van der Waals surface area contributed by atoms with Crippen molar-refractivity contribution in [1.29, 1.82) is 0 Å². The van der Waals surface area contributed by atoms with Crippen LogP contribution in [0.5, 0.6) is 0 Å². The Morgan fingerprint density at radius 1 is 1.22 bits per heavy atom. The molecule has 98 valence electrons. The lowest BCUT2D eigenvalue weighted by atomic mass is 10.1. The fourth-order valence-electron chi connectivity index (χ4n) is 2.40. The Hall–Kier alpha value is -1.32. The largest absolute Gasteiger partial charge is 0.395 e. The van der Waals surface area contributed by atoms with Crippen LogP contribution in [0.4, 0.5) is 0 Å². The van der Waals surface area contributed by atoms with Crippen LogP contribution in [-0.2, 0) is 13.0 Å². The molecule has 3 heteroatoms. The topological polar surface area (TPSA) is 28.4 Å². The molecule has 0 aliphatic heterocycles. The number of aryl methyl sites for hydroxylation is 1. The van der Waals surface area contributed by atoms with Crippen molar-refractivity contribution in [2.45, 2.75) is 19.4 Å². The van der Waals surface area contributed by atoms with Gasteiger partial charge in [-0.2, -0.15) is 0 Å². The zero-order valence-electron chi connectivity index (χ0n) is 11.3. The maximum Gasteiger partial charge on any atom is 0.0610 e. The van der Waals surface area contributed by atoms with E-state index in [9.17, 15) is 0 Å². The highest BCUT2D eigenvalue weighted by Gasteiger charge is 2.07. The molecule has 1 heterocycles. The van der Waals surface area contributed by atoms with Gasteiger partial charge in [-0.1, -0.05) is 18.2 Å². The lowest BCUT2D eigenvalue weighted by molar-refractivity contribution is 0.278. The van der Waals surface area contributed by atoms with E-state index in [4.69, 9.17) is 5.11 Å². The zero-order chi connectivity index (χ0) is 13.0. The first-order valence-electron chi connectivity index (χ1n) is 6.54. The summed E-state index contributed by atoms with van der Waals surface area (Å²) in [6, 6.07) is 8.44. The van der Waals surface area contributed by atoms with E-state index in [1.807, 2.05) is 0 Å². The predicted octanol–water partition coefficient (Wildman–Crippen LogP) is 2.13. The Labute approximate surface area is 109 Å². The van der Waals surface area contributed by atoms with Gasteiger partial charge in [-0.05, 0) is 45.1 Å². The van der Waals surface area contributed by atoms with E-state index in [2.05, 4.69) is 54.0 Å². The van der Waals surface area contributed by atoms with Crippen molar-refractivity contribution >= 4 is 10.9 Å². The van der Waals surface area contributed by atoms with Gasteiger partial charge >= 0.3 is 0 Å². The molecule has 2 aromatic rings. The molecule has 0 fully saturated rings. The minimum atomic E-state index is 0.190. The van der Waals surface area contributed by atoms with Crippen LogP contribution >= 0.6 is 0 Å². The van der Waals surface area contributed by atoms with Gasteiger partial charge in [0.05, 0.1) is 6.61 Å². The molecule has 0 atom stereocenters. The third-order valence-corrected chi connectivity index (χ3v) is 3.26. The molecule has 3 nitrogen and oxygen atoms in total. The second-order valence-electron chi connectivity index (χ2n) is 5.00. The van der Waals surface area contributed by atoms with Gasteiger partial charge < -0.3 is 14.6 Å². The van der Waals surface area contributed by atoms with Crippen LogP contribution < -0.4 is 0 Å². The van der Waals surface area contributed by atoms with Gasteiger partial charge in [-0.15, -0.1) is 0 Å². The molecule has 0 spiro atoms. The Morgan fingerprint density at radius 2 is 2.00 bits per heavy atom. The number of benzene rings is 1. The summed E-state index contributed by atoms with van der Waals surface area (Å²) in [6.45, 7) is 1.98. The monoisotopic (exact) mass is 246 g/mol. The maximum atomic E-state index is 9.11. The summed E-state index contributed by atoms with van der Waals surface area (Å²) >= 11 is 0. The second kappa shape index (κ2) is 6.03. The highest BCUT2D eigenvalue weighted by atomic mass is 16.3. The summed E-state index contributed by atoms with van der Waals surface area (Å²) in [4.78, 5) is 2.22. The fourth-order valence-corrected chi connectivity index (χ4v) is 2.40. The quantitative estimate of drug-likeness (QED) is 0.846. The summed E-state index contributed by atoms with van der Waals surface area (Å²) in [6.07, 6.45) is 4.45. The first-order chi connectivity index (χ1) is 8.72. The van der Waals surface area contributed by atoms with Gasteiger partial charge in [0.2, 0.25) is 0 Å². The molecule has 0 amide bonds. The van der Waals surface area contributed by atoms with Crippen molar-refractivity contribution in [1.82, 2.24) is 9.47 Å². The number of hydrogen-bond acceptors (Lipinski definition) is 2. The maximum absolute atomic E-state index is 9.11. The molecule has 0 radical (unpaired) electrons. The number of nitrogens with zero attached hydrogens (tertiary/aromatic N) is 2. The van der Waals surface area contributed by atoms with Gasteiger partial charge in [0.25, 0.3) is 0 Å². The van der Waals surface area contributed by atoms with E-state index >= 15 is 0 Å². The van der Waals surface area contributed by atoms with E-state index < -0.39 is 0 Å². The summed E-state index contributed by atoms with van der Waals surface area (Å²) in [5.41, 5.74) is 2.62. The van der Waals surface area contributed by atoms with E-state index in [0.29, 0.717) is 6.54 Å². The highest BCUT2D eigenvalue weighted by molar-refractivity contribution is 5.83. The van der Waals surface area contributed by atoms with Gasteiger partial charge in [0.1, 0.15) is 0 Å². The molecule has 0 aliphatic rings. The van der Waals surface area contributed by atoms with Crippen molar-refractivity contribution < 1.29 is 5.11 Å². The summed E-state index contributed by atoms with van der Waals surface area (Å²) in [5.74, 6) is 0. The molecule has 1 N–H and O–H groups in total. The van der Waals surface area contributed by atoms with Crippen molar-refractivity contribution in [2.75, 3.05) is 27.2 Å². The minimum absolute atomic E-state index is 0.190. The Kier molecular flexibility index (Phi) is 4.39. The van der Waals surface area contributed by atoms with Crippen molar-refractivity contribution in [2.24, 2.45) is 0 Å². The highest BCUT2D eigenvalue weighted by Crippen LogP contribution is 2.22. The van der Waals surface area contributed by atoms with Crippen LogP contribution in [0.3, 0.4) is 0 Å². The first kappa shape index (κ1) is 13.1. The fraction of sp³-hybridized carbons (Fsp3) is 0.467. The molecular formula is C15H22N2O. The molecule has 0 bridgehead atoms. The standard InChI is InChI=1S/C15H22N2O/c1-16(2)9-5-6-13-12-17(10-11-18)15-8-4-3-7-14(13)15/h3-4,7-8,12,18H,5-6,9-11H2,1-2H3. The van der Waals surface area contributed by atoms with Crippen molar-refractivity contribution in [3.63, 3.8) is 0 Å². The smallest absolute Gasteiger partial charge is 0.0610 e. The Balaban J connectivity index is 2.21. The number of aliphatic hydroxyl groups excluding tert-OH is 1. The van der Waals surface area contributed by atoms with Gasteiger partial charge in [-0.25, -0.2) is 0 Å². The van der Waals surface area contributed by atoms with Crippen LogP contribution in [-0.4, -0.2) is 41.8 Å². The van der Waals surface area contributed by atoms with Crippen molar-refractivity contribution in [3.8, 4) is 0 Å². The molecule has 2 rings (SSSR count). The Morgan fingerprint density at radius 3 is 2.72 bits per heavy atom. The van der Waals surface area contributed by atoms with Crippen LogP contribution in [0.15, 0.2) is 30.5 Å². The molecule has 1 aromatic carbocycles. The summed E-state index contributed by atoms with van der Waals surface area (Å²) < 4.78 is 2.15. The van der Waals surface area contributed by atoms with E-state index in [0.717, 1.165) is 13.0 Å². The van der Waals surface area contributed by atoms with Crippen molar-refractivity contribution in [3.05, 3.63) is 36.0 Å². The number of fused-ring (bicyclic) bond motifs is 1.